The van der Waals surface area contributed by atoms with Crippen LogP contribution in [-0.2, 0) is 10.0 Å². The fraction of sp³-hybridized carbons (Fsp3) is 0.0312. The molecule has 9 heteroatoms. The molecule has 6 rings (SSSR count). The number of aryl methyl sites for hydroxylation is 1. The molecule has 0 aliphatic carbocycles. The number of fused-ring (bicyclic) bond motifs is 2. The van der Waals surface area contributed by atoms with Crippen molar-refractivity contribution >= 4 is 65.3 Å². The number of thiophene rings is 1. The van der Waals surface area contributed by atoms with Crippen LogP contribution in [0.15, 0.2) is 107 Å². The number of benzene rings is 5. The average Bonchev–Trinajstić information content (AvgIpc) is 3.30. The zero-order valence-corrected chi connectivity index (χ0v) is 24.2. The average molecular weight is 598 g/mol. The van der Waals surface area contributed by atoms with Crippen molar-refractivity contribution in [2.45, 2.75) is 11.1 Å². The third kappa shape index (κ3) is 5.37. The van der Waals surface area contributed by atoms with Crippen molar-refractivity contribution in [1.29, 1.82) is 5.41 Å². The van der Waals surface area contributed by atoms with E-state index < -0.39 is 10.0 Å². The Hall–Kier alpha value is -4.37. The number of amidine groups is 1. The minimum Gasteiger partial charge on any atom is -0.457 e. The molecule has 41 heavy (non-hydrogen) atoms. The maximum Gasteiger partial charge on any atom is 0.271 e. The van der Waals surface area contributed by atoms with Gasteiger partial charge in [0.2, 0.25) is 0 Å². The van der Waals surface area contributed by atoms with Gasteiger partial charge in [-0.2, -0.15) is 0 Å². The molecule has 0 aliphatic rings. The summed E-state index contributed by atoms with van der Waals surface area (Å²) in [6.45, 7) is 1.79. The predicted molar refractivity (Wildman–Crippen MR) is 169 cm³/mol. The Morgan fingerprint density at radius 3 is 2.44 bits per heavy atom. The van der Waals surface area contributed by atoms with Crippen LogP contribution in [0.4, 0.5) is 5.69 Å². The molecule has 0 saturated heterocycles. The number of anilines is 1. The largest absolute Gasteiger partial charge is 0.457 e. The van der Waals surface area contributed by atoms with Crippen LogP contribution in [0.1, 0.15) is 11.1 Å². The molecule has 1 heterocycles. The minimum absolute atomic E-state index is 0.0161. The molecule has 204 valence electrons. The van der Waals surface area contributed by atoms with Crippen LogP contribution in [0.2, 0.25) is 5.02 Å². The van der Waals surface area contributed by atoms with Gasteiger partial charge in [0, 0.05) is 26.5 Å². The number of rotatable bonds is 7. The zero-order chi connectivity index (χ0) is 28.7. The molecule has 4 N–H and O–H groups in total. The first-order valence-electron chi connectivity index (χ1n) is 12.6. The van der Waals surface area contributed by atoms with Crippen LogP contribution in [0.5, 0.6) is 11.5 Å². The van der Waals surface area contributed by atoms with Crippen molar-refractivity contribution in [2.24, 2.45) is 5.73 Å². The summed E-state index contributed by atoms with van der Waals surface area (Å²) in [5.74, 6) is 1.21. The van der Waals surface area contributed by atoms with Gasteiger partial charge in [0.05, 0.1) is 0 Å². The lowest BCUT2D eigenvalue weighted by Gasteiger charge is -2.15. The molecule has 6 aromatic rings. The third-order valence-corrected chi connectivity index (χ3v) is 10.3. The van der Waals surface area contributed by atoms with Crippen molar-refractivity contribution in [1.82, 2.24) is 0 Å². The second-order valence-electron chi connectivity index (χ2n) is 9.58. The third-order valence-electron chi connectivity index (χ3n) is 6.77. The van der Waals surface area contributed by atoms with Gasteiger partial charge in [-0.05, 0) is 88.8 Å². The van der Waals surface area contributed by atoms with Gasteiger partial charge in [0.25, 0.3) is 10.0 Å². The summed E-state index contributed by atoms with van der Waals surface area (Å²) in [6.07, 6.45) is 0. The Labute approximate surface area is 246 Å². The first kappa shape index (κ1) is 26.8. The standard InChI is InChI=1S/C32H24ClN3O3S2/c1-19-27-17-24(33)10-14-30(27)40-32(19)41(37,38)36-25-11-13-29(28(18-25)20-5-3-2-4-6-20)39-26-12-9-21-15-23(31(34)35)8-7-22(21)16-26/h2-18,36H,1H3,(H3,34,35). The van der Waals surface area contributed by atoms with Gasteiger partial charge >= 0.3 is 0 Å². The molecule has 0 saturated carbocycles. The van der Waals surface area contributed by atoms with E-state index in [1.54, 1.807) is 43.3 Å². The molecule has 0 atom stereocenters. The van der Waals surface area contributed by atoms with Gasteiger partial charge in [-0.15, -0.1) is 11.3 Å². The highest BCUT2D eigenvalue weighted by Crippen LogP contribution is 2.39. The second kappa shape index (κ2) is 10.6. The molecule has 0 spiro atoms. The maximum absolute atomic E-state index is 13.5. The van der Waals surface area contributed by atoms with Gasteiger partial charge < -0.3 is 10.5 Å². The van der Waals surface area contributed by atoms with E-state index in [0.29, 0.717) is 33.3 Å². The van der Waals surface area contributed by atoms with Crippen molar-refractivity contribution < 1.29 is 13.2 Å². The van der Waals surface area contributed by atoms with E-state index in [-0.39, 0.29) is 10.0 Å². The van der Waals surface area contributed by atoms with E-state index in [1.165, 1.54) is 11.3 Å². The summed E-state index contributed by atoms with van der Waals surface area (Å²) in [6, 6.07) is 31.5. The maximum atomic E-state index is 13.5. The predicted octanol–water partition coefficient (Wildman–Crippen LogP) is 8.56. The first-order chi connectivity index (χ1) is 19.7. The van der Waals surface area contributed by atoms with Gasteiger partial charge in [-0.25, -0.2) is 8.42 Å². The quantitative estimate of drug-likeness (QED) is 0.127. The molecule has 0 radical (unpaired) electrons. The van der Waals surface area contributed by atoms with E-state index in [0.717, 1.165) is 32.0 Å². The number of hydrogen-bond acceptors (Lipinski definition) is 5. The molecule has 0 amide bonds. The lowest BCUT2D eigenvalue weighted by molar-refractivity contribution is 0.485. The number of nitrogens with one attached hydrogen (secondary N) is 2. The number of nitrogen functional groups attached to an aromatic ring is 1. The highest BCUT2D eigenvalue weighted by molar-refractivity contribution is 7.94. The summed E-state index contributed by atoms with van der Waals surface area (Å²) in [5, 5.41) is 10.9. The number of halogens is 1. The fourth-order valence-corrected chi connectivity index (χ4v) is 7.71. The number of sulfonamides is 1. The Kier molecular flexibility index (Phi) is 6.91. The van der Waals surface area contributed by atoms with Crippen LogP contribution < -0.4 is 15.2 Å². The number of ether oxygens (including phenoxy) is 1. The molecular formula is C32H24ClN3O3S2. The highest BCUT2D eigenvalue weighted by atomic mass is 35.5. The Morgan fingerprint density at radius 1 is 0.902 bits per heavy atom. The normalized spacial score (nSPS) is 11.6. The van der Waals surface area contributed by atoms with E-state index >= 15 is 0 Å². The zero-order valence-electron chi connectivity index (χ0n) is 21.8. The van der Waals surface area contributed by atoms with E-state index in [4.69, 9.17) is 27.5 Å². The summed E-state index contributed by atoms with van der Waals surface area (Å²) in [5.41, 5.74) is 8.98. The Morgan fingerprint density at radius 2 is 1.66 bits per heavy atom. The van der Waals surface area contributed by atoms with Crippen molar-refractivity contribution in [3.63, 3.8) is 0 Å². The van der Waals surface area contributed by atoms with Gasteiger partial charge in [0.1, 0.15) is 21.5 Å². The highest BCUT2D eigenvalue weighted by Gasteiger charge is 2.23. The van der Waals surface area contributed by atoms with E-state index in [1.807, 2.05) is 66.7 Å². The monoisotopic (exact) mass is 597 g/mol. The second-order valence-corrected chi connectivity index (χ2v) is 12.9. The lowest BCUT2D eigenvalue weighted by atomic mass is 10.0. The Balaban J connectivity index is 1.36. The van der Waals surface area contributed by atoms with E-state index in [9.17, 15) is 8.42 Å². The fourth-order valence-electron chi connectivity index (χ4n) is 4.74. The van der Waals surface area contributed by atoms with Gasteiger partial charge in [-0.1, -0.05) is 60.1 Å². The van der Waals surface area contributed by atoms with Crippen LogP contribution in [0.3, 0.4) is 0 Å². The lowest BCUT2D eigenvalue weighted by Crippen LogP contribution is -2.12. The number of hydrogen-bond donors (Lipinski definition) is 3. The van der Waals surface area contributed by atoms with Crippen LogP contribution in [-0.4, -0.2) is 14.3 Å². The molecule has 0 bridgehead atoms. The molecular weight excluding hydrogens is 574 g/mol. The molecule has 0 aliphatic heterocycles. The number of nitrogens with two attached hydrogens (primary N) is 1. The van der Waals surface area contributed by atoms with Crippen molar-refractivity contribution in [3.8, 4) is 22.6 Å². The smallest absolute Gasteiger partial charge is 0.271 e. The van der Waals surface area contributed by atoms with Gasteiger partial charge in [-0.3, -0.25) is 10.1 Å². The first-order valence-corrected chi connectivity index (χ1v) is 15.3. The minimum atomic E-state index is -3.86. The van der Waals surface area contributed by atoms with Crippen LogP contribution >= 0.6 is 22.9 Å². The molecule has 5 aromatic carbocycles. The van der Waals surface area contributed by atoms with Crippen LogP contribution in [0.25, 0.3) is 32.0 Å². The molecule has 1 aromatic heterocycles. The summed E-state index contributed by atoms with van der Waals surface area (Å²) >= 11 is 7.37. The Bertz CT molecular complexity index is 2070. The van der Waals surface area contributed by atoms with E-state index in [2.05, 4.69) is 4.72 Å². The SMILES string of the molecule is Cc1c(S(=O)(=O)Nc2ccc(Oc3ccc4cc(C(=N)N)ccc4c3)c(-c3ccccc3)c2)sc2ccc(Cl)cc12. The topological polar surface area (TPSA) is 105 Å². The summed E-state index contributed by atoms with van der Waals surface area (Å²) in [4.78, 5) is 0. The van der Waals surface area contributed by atoms with Crippen molar-refractivity contribution in [3.05, 3.63) is 119 Å². The molecule has 0 fully saturated rings. The van der Waals surface area contributed by atoms with Gasteiger partial charge in [0.15, 0.2) is 0 Å². The molecule has 6 nitrogen and oxygen atoms in total. The van der Waals surface area contributed by atoms with Crippen molar-refractivity contribution in [2.75, 3.05) is 4.72 Å². The molecule has 0 unspecified atom stereocenters. The summed E-state index contributed by atoms with van der Waals surface area (Å²) < 4.78 is 37.2. The van der Waals surface area contributed by atoms with Crippen LogP contribution in [0, 0.1) is 12.3 Å². The summed E-state index contributed by atoms with van der Waals surface area (Å²) in [7, 11) is -3.86.